The van der Waals surface area contributed by atoms with Crippen molar-refractivity contribution in [3.63, 3.8) is 0 Å². The number of hydrogen-bond donors (Lipinski definition) is 2. The maximum atomic E-state index is 12.6. The highest BCUT2D eigenvalue weighted by Crippen LogP contribution is 2.41. The van der Waals surface area contributed by atoms with Crippen LogP contribution in [0, 0.1) is 5.92 Å². The van der Waals surface area contributed by atoms with E-state index in [1.54, 1.807) is 0 Å². The molecule has 2 amide bonds. The Morgan fingerprint density at radius 1 is 1.26 bits per heavy atom. The molecule has 1 saturated carbocycles. The van der Waals surface area contributed by atoms with Crippen LogP contribution in [0.25, 0.3) is 0 Å². The SMILES string of the molecule is O=C(Cc1ccccc1)NC1C(=O)N2C(C(=O)O)=C(/C=C\C3CC3)CS[C@H]12. The first kappa shape index (κ1) is 17.9. The summed E-state index contributed by atoms with van der Waals surface area (Å²) in [5.41, 5.74) is 1.58. The number of nitrogens with one attached hydrogen (secondary N) is 1. The van der Waals surface area contributed by atoms with E-state index in [1.165, 1.54) is 16.7 Å². The summed E-state index contributed by atoms with van der Waals surface area (Å²) in [7, 11) is 0. The summed E-state index contributed by atoms with van der Waals surface area (Å²) in [5, 5.41) is 12.0. The van der Waals surface area contributed by atoms with Crippen LogP contribution in [0.3, 0.4) is 0 Å². The number of allylic oxidation sites excluding steroid dienone is 2. The summed E-state index contributed by atoms with van der Waals surface area (Å²) in [5.74, 6) is -0.640. The number of carbonyl (C=O) groups excluding carboxylic acids is 2. The fourth-order valence-electron chi connectivity index (χ4n) is 3.32. The minimum Gasteiger partial charge on any atom is -0.477 e. The third kappa shape index (κ3) is 3.64. The number of aliphatic carboxylic acids is 1. The van der Waals surface area contributed by atoms with Crippen molar-refractivity contribution in [2.45, 2.75) is 30.7 Å². The zero-order valence-corrected chi connectivity index (χ0v) is 15.4. The molecule has 1 aliphatic carbocycles. The highest BCUT2D eigenvalue weighted by molar-refractivity contribution is 8.00. The Bertz CT molecular complexity index is 845. The van der Waals surface area contributed by atoms with Crippen molar-refractivity contribution in [3.8, 4) is 0 Å². The molecule has 2 fully saturated rings. The van der Waals surface area contributed by atoms with Gasteiger partial charge in [0.1, 0.15) is 17.1 Å². The average molecular weight is 384 g/mol. The third-order valence-electron chi connectivity index (χ3n) is 4.92. The van der Waals surface area contributed by atoms with Crippen molar-refractivity contribution in [1.29, 1.82) is 0 Å². The van der Waals surface area contributed by atoms with Gasteiger partial charge in [0.05, 0.1) is 6.42 Å². The van der Waals surface area contributed by atoms with Crippen LogP contribution >= 0.6 is 11.8 Å². The molecule has 140 valence electrons. The molecule has 4 rings (SSSR count). The number of hydrogen-bond acceptors (Lipinski definition) is 4. The molecule has 2 heterocycles. The summed E-state index contributed by atoms with van der Waals surface area (Å²) in [6, 6.07) is 8.63. The van der Waals surface area contributed by atoms with Crippen LogP contribution in [0.1, 0.15) is 18.4 Å². The van der Waals surface area contributed by atoms with Crippen molar-refractivity contribution < 1.29 is 19.5 Å². The summed E-state index contributed by atoms with van der Waals surface area (Å²) < 4.78 is 0. The zero-order chi connectivity index (χ0) is 19.0. The van der Waals surface area contributed by atoms with Gasteiger partial charge in [-0.05, 0) is 29.9 Å². The van der Waals surface area contributed by atoms with Gasteiger partial charge in [-0.25, -0.2) is 4.79 Å². The molecule has 3 aliphatic rings. The molecule has 1 aromatic carbocycles. The van der Waals surface area contributed by atoms with Crippen molar-refractivity contribution in [3.05, 3.63) is 59.3 Å². The Balaban J connectivity index is 1.45. The fraction of sp³-hybridized carbons (Fsp3) is 0.350. The number of rotatable bonds is 6. The van der Waals surface area contributed by atoms with Crippen LogP contribution in [0.2, 0.25) is 0 Å². The number of nitrogens with zero attached hydrogens (tertiary/aromatic N) is 1. The number of β-lactam (4-membered cyclic amide) rings is 1. The summed E-state index contributed by atoms with van der Waals surface area (Å²) in [6.45, 7) is 0. The second kappa shape index (κ2) is 7.23. The number of carboxylic acid groups (broad SMARTS) is 1. The molecule has 1 saturated heterocycles. The highest BCUT2D eigenvalue weighted by Gasteiger charge is 2.53. The molecule has 0 aromatic heterocycles. The molecule has 0 bridgehead atoms. The second-order valence-electron chi connectivity index (χ2n) is 6.99. The average Bonchev–Trinajstić information content (AvgIpc) is 3.48. The predicted molar refractivity (Wildman–Crippen MR) is 102 cm³/mol. The van der Waals surface area contributed by atoms with Crippen LogP contribution in [0.4, 0.5) is 0 Å². The quantitative estimate of drug-likeness (QED) is 0.732. The number of fused-ring (bicyclic) bond motifs is 1. The molecule has 27 heavy (non-hydrogen) atoms. The monoisotopic (exact) mass is 384 g/mol. The number of carbonyl (C=O) groups is 3. The van der Waals surface area contributed by atoms with E-state index < -0.39 is 12.0 Å². The maximum Gasteiger partial charge on any atom is 0.352 e. The topological polar surface area (TPSA) is 86.7 Å². The molecule has 0 spiro atoms. The minimum atomic E-state index is -1.10. The molecule has 6 nitrogen and oxygen atoms in total. The van der Waals surface area contributed by atoms with Gasteiger partial charge in [-0.1, -0.05) is 42.5 Å². The third-order valence-corrected chi connectivity index (χ3v) is 6.22. The molecule has 2 atom stereocenters. The van der Waals surface area contributed by atoms with Gasteiger partial charge in [-0.15, -0.1) is 11.8 Å². The second-order valence-corrected chi connectivity index (χ2v) is 8.10. The first-order chi connectivity index (χ1) is 13.0. The van der Waals surface area contributed by atoms with Crippen LogP contribution < -0.4 is 5.32 Å². The Morgan fingerprint density at radius 2 is 2.00 bits per heavy atom. The summed E-state index contributed by atoms with van der Waals surface area (Å²) >= 11 is 1.49. The molecule has 1 aromatic rings. The highest BCUT2D eigenvalue weighted by atomic mass is 32.2. The molecule has 7 heteroatoms. The van der Waals surface area contributed by atoms with E-state index in [0.29, 0.717) is 17.2 Å². The van der Waals surface area contributed by atoms with Crippen LogP contribution in [-0.2, 0) is 20.8 Å². The van der Waals surface area contributed by atoms with Crippen LogP contribution in [0.15, 0.2) is 53.8 Å². The molecule has 2 N–H and O–H groups in total. The van der Waals surface area contributed by atoms with Gasteiger partial charge < -0.3 is 10.4 Å². The number of carboxylic acids is 1. The minimum absolute atomic E-state index is 0.0502. The predicted octanol–water partition coefficient (Wildman–Crippen LogP) is 1.93. The van der Waals surface area contributed by atoms with Gasteiger partial charge in [0.25, 0.3) is 5.91 Å². The molecule has 1 unspecified atom stereocenters. The first-order valence-corrected chi connectivity index (χ1v) is 10.0. The largest absolute Gasteiger partial charge is 0.477 e. The Morgan fingerprint density at radius 3 is 2.67 bits per heavy atom. The molecule has 2 aliphatic heterocycles. The lowest BCUT2D eigenvalue weighted by Gasteiger charge is -2.49. The van der Waals surface area contributed by atoms with Gasteiger partial charge in [0, 0.05) is 5.75 Å². The van der Waals surface area contributed by atoms with Gasteiger partial charge in [-0.2, -0.15) is 0 Å². The zero-order valence-electron chi connectivity index (χ0n) is 14.6. The number of thioether (sulfide) groups is 1. The lowest BCUT2D eigenvalue weighted by molar-refractivity contribution is -0.150. The van der Waals surface area contributed by atoms with E-state index in [2.05, 4.69) is 5.32 Å². The first-order valence-electron chi connectivity index (χ1n) is 8.97. The fourth-order valence-corrected chi connectivity index (χ4v) is 4.64. The van der Waals surface area contributed by atoms with E-state index in [0.717, 1.165) is 18.4 Å². The van der Waals surface area contributed by atoms with Crippen molar-refractivity contribution in [1.82, 2.24) is 10.2 Å². The van der Waals surface area contributed by atoms with Gasteiger partial charge >= 0.3 is 5.97 Å². The van der Waals surface area contributed by atoms with E-state index in [-0.39, 0.29) is 29.3 Å². The standard InChI is InChI=1S/C20H20N2O4S/c23-15(10-13-4-2-1-3-5-13)21-16-18(24)22-17(20(25)26)14(11-27-19(16)22)9-8-12-6-7-12/h1-5,8-9,12,16,19H,6-7,10-11H2,(H,21,23)(H,25,26)/b9-8-/t16?,19-/m1/s1. The molecular formula is C20H20N2O4S. The number of benzene rings is 1. The summed E-state index contributed by atoms with van der Waals surface area (Å²) in [6.07, 6.45) is 6.35. The van der Waals surface area contributed by atoms with Crippen molar-refractivity contribution >= 4 is 29.5 Å². The van der Waals surface area contributed by atoms with Crippen LogP contribution in [0.5, 0.6) is 0 Å². The Hall–Kier alpha value is -2.54. The summed E-state index contributed by atoms with van der Waals surface area (Å²) in [4.78, 5) is 37.9. The van der Waals surface area contributed by atoms with Crippen molar-refractivity contribution in [2.75, 3.05) is 5.75 Å². The lowest BCUT2D eigenvalue weighted by atomic mass is 10.0. The smallest absolute Gasteiger partial charge is 0.352 e. The number of amides is 2. The van der Waals surface area contributed by atoms with E-state index in [1.807, 2.05) is 42.5 Å². The van der Waals surface area contributed by atoms with E-state index in [4.69, 9.17) is 0 Å². The van der Waals surface area contributed by atoms with Gasteiger partial charge in [0.2, 0.25) is 5.91 Å². The van der Waals surface area contributed by atoms with Crippen molar-refractivity contribution in [2.24, 2.45) is 5.92 Å². The van der Waals surface area contributed by atoms with Gasteiger partial charge in [-0.3, -0.25) is 14.5 Å². The lowest BCUT2D eigenvalue weighted by Crippen LogP contribution is -2.70. The maximum absolute atomic E-state index is 12.6. The van der Waals surface area contributed by atoms with Gasteiger partial charge in [0.15, 0.2) is 0 Å². The Kier molecular flexibility index (Phi) is 4.78. The molecular weight excluding hydrogens is 364 g/mol. The van der Waals surface area contributed by atoms with Crippen LogP contribution in [-0.4, -0.2) is 45.0 Å². The van der Waals surface area contributed by atoms with E-state index >= 15 is 0 Å². The molecule has 0 radical (unpaired) electrons. The van der Waals surface area contributed by atoms with E-state index in [9.17, 15) is 19.5 Å². The Labute approximate surface area is 161 Å². The normalized spacial score (nSPS) is 24.6.